The van der Waals surface area contributed by atoms with Gasteiger partial charge in [0.25, 0.3) is 5.91 Å². The first-order valence-corrected chi connectivity index (χ1v) is 9.12. The molecule has 0 spiro atoms. The van der Waals surface area contributed by atoms with Gasteiger partial charge in [0.2, 0.25) is 10.0 Å². The van der Waals surface area contributed by atoms with Crippen LogP contribution in [-0.2, 0) is 10.0 Å². The van der Waals surface area contributed by atoms with Crippen molar-refractivity contribution in [1.29, 1.82) is 0 Å². The molecule has 1 aliphatic carbocycles. The van der Waals surface area contributed by atoms with Gasteiger partial charge in [-0.25, -0.2) is 13.6 Å². The first kappa shape index (κ1) is 16.5. The van der Waals surface area contributed by atoms with Gasteiger partial charge in [-0.1, -0.05) is 28.8 Å². The highest BCUT2D eigenvalue weighted by Crippen LogP contribution is 2.30. The summed E-state index contributed by atoms with van der Waals surface area (Å²) in [5.41, 5.74) is 0.495. The number of primary sulfonamides is 1. The Kier molecular flexibility index (Phi) is 4.46. The second-order valence-corrected chi connectivity index (χ2v) is 8.29. The van der Waals surface area contributed by atoms with Crippen LogP contribution in [0.15, 0.2) is 21.5 Å². The van der Waals surface area contributed by atoms with E-state index in [1.54, 1.807) is 13.0 Å². The highest BCUT2D eigenvalue weighted by atomic mass is 79.9. The molecule has 7 heteroatoms. The summed E-state index contributed by atoms with van der Waals surface area (Å²) in [7, 11) is -3.86. The lowest BCUT2D eigenvalue weighted by Gasteiger charge is -2.26. The first-order chi connectivity index (χ1) is 9.62. The molecule has 5 nitrogen and oxygen atoms in total. The van der Waals surface area contributed by atoms with Gasteiger partial charge in [0.05, 0.1) is 4.90 Å². The van der Waals surface area contributed by atoms with Crippen LogP contribution in [0.2, 0.25) is 0 Å². The number of sulfonamides is 1. The molecular formula is C14H19BrN2O3S. The summed E-state index contributed by atoms with van der Waals surface area (Å²) in [6, 6.07) is 3.04. The molecule has 1 amide bonds. The number of hydrogen-bond donors (Lipinski definition) is 2. The van der Waals surface area contributed by atoms with Gasteiger partial charge in [-0.05, 0) is 44.4 Å². The second kappa shape index (κ2) is 5.70. The molecule has 3 N–H and O–H groups in total. The Balaban J connectivity index is 2.40. The Morgan fingerprint density at radius 1 is 1.33 bits per heavy atom. The Labute approximate surface area is 133 Å². The number of benzene rings is 1. The molecule has 0 aromatic heterocycles. The molecule has 0 aliphatic heterocycles. The Morgan fingerprint density at radius 3 is 2.43 bits per heavy atom. The van der Waals surface area contributed by atoms with Gasteiger partial charge in [0.15, 0.2) is 0 Å². The molecule has 1 aromatic carbocycles. The monoisotopic (exact) mass is 374 g/mol. The highest BCUT2D eigenvalue weighted by Gasteiger charge is 2.31. The number of amides is 1. The van der Waals surface area contributed by atoms with Crippen LogP contribution in [0.1, 0.15) is 48.5 Å². The molecular weight excluding hydrogens is 356 g/mol. The van der Waals surface area contributed by atoms with Gasteiger partial charge in [0.1, 0.15) is 0 Å². The van der Waals surface area contributed by atoms with E-state index in [-0.39, 0.29) is 16.3 Å². The average molecular weight is 375 g/mol. The minimum Gasteiger partial charge on any atom is -0.347 e. The van der Waals surface area contributed by atoms with Crippen LogP contribution in [0.5, 0.6) is 0 Å². The lowest BCUT2D eigenvalue weighted by Crippen LogP contribution is -2.43. The van der Waals surface area contributed by atoms with Crippen molar-refractivity contribution in [3.05, 3.63) is 27.7 Å². The third-order valence-electron chi connectivity index (χ3n) is 4.00. The summed E-state index contributed by atoms with van der Waals surface area (Å²) < 4.78 is 23.7. The molecule has 0 heterocycles. The van der Waals surface area contributed by atoms with Gasteiger partial charge in [-0.3, -0.25) is 4.79 Å². The van der Waals surface area contributed by atoms with Crippen LogP contribution in [0, 0.1) is 6.92 Å². The summed E-state index contributed by atoms with van der Waals surface area (Å²) in [6.07, 6.45) is 4.06. The maximum absolute atomic E-state index is 12.5. The molecule has 2 rings (SSSR count). The van der Waals surface area contributed by atoms with Crippen molar-refractivity contribution in [3.8, 4) is 0 Å². The maximum atomic E-state index is 12.5. The molecule has 0 atom stereocenters. The Hall–Kier alpha value is -0.920. The van der Waals surface area contributed by atoms with Gasteiger partial charge >= 0.3 is 0 Å². The molecule has 21 heavy (non-hydrogen) atoms. The van der Waals surface area contributed by atoms with Gasteiger partial charge in [-0.2, -0.15) is 0 Å². The van der Waals surface area contributed by atoms with Crippen molar-refractivity contribution in [2.45, 2.75) is 50.0 Å². The fourth-order valence-corrected chi connectivity index (χ4v) is 4.24. The Bertz CT molecular complexity index is 680. The molecule has 0 bridgehead atoms. The summed E-state index contributed by atoms with van der Waals surface area (Å²) in [5, 5.41) is 8.23. The lowest BCUT2D eigenvalue weighted by atomic mass is 9.99. The van der Waals surface area contributed by atoms with Gasteiger partial charge < -0.3 is 5.32 Å². The minimum absolute atomic E-state index is 0.0291. The number of nitrogens with two attached hydrogens (primary N) is 1. The fourth-order valence-electron chi connectivity index (χ4n) is 2.81. The molecule has 0 saturated heterocycles. The summed E-state index contributed by atoms with van der Waals surface area (Å²) in [4.78, 5) is 12.5. The summed E-state index contributed by atoms with van der Waals surface area (Å²) in [5.74, 6) is -0.261. The zero-order valence-corrected chi connectivity index (χ0v) is 14.5. The predicted molar refractivity (Wildman–Crippen MR) is 84.6 cm³/mol. The van der Waals surface area contributed by atoms with Crippen LogP contribution >= 0.6 is 15.9 Å². The quantitative estimate of drug-likeness (QED) is 0.851. The molecule has 1 fully saturated rings. The number of hydrogen-bond acceptors (Lipinski definition) is 3. The molecule has 1 saturated carbocycles. The van der Waals surface area contributed by atoms with Crippen LogP contribution < -0.4 is 10.5 Å². The van der Waals surface area contributed by atoms with E-state index in [0.29, 0.717) is 15.6 Å². The smallest absolute Gasteiger partial charge is 0.252 e. The van der Waals surface area contributed by atoms with E-state index < -0.39 is 10.0 Å². The van der Waals surface area contributed by atoms with Gasteiger partial charge in [0, 0.05) is 15.6 Å². The van der Waals surface area contributed by atoms with Crippen molar-refractivity contribution in [2.75, 3.05) is 0 Å². The van der Waals surface area contributed by atoms with E-state index in [2.05, 4.69) is 21.2 Å². The summed E-state index contributed by atoms with van der Waals surface area (Å²) >= 11 is 3.23. The number of carbonyl (C=O) groups excluding carboxylic acids is 1. The molecule has 116 valence electrons. The maximum Gasteiger partial charge on any atom is 0.252 e. The van der Waals surface area contributed by atoms with Crippen LogP contribution in [0.4, 0.5) is 0 Å². The van der Waals surface area contributed by atoms with E-state index >= 15 is 0 Å². The third-order valence-corrected chi connectivity index (χ3v) is 5.49. The normalized spacial score (nSPS) is 17.7. The lowest BCUT2D eigenvalue weighted by molar-refractivity contribution is 0.0907. The van der Waals surface area contributed by atoms with E-state index in [1.807, 2.05) is 6.92 Å². The van der Waals surface area contributed by atoms with Crippen molar-refractivity contribution in [1.82, 2.24) is 5.32 Å². The van der Waals surface area contributed by atoms with Gasteiger partial charge in [-0.15, -0.1) is 0 Å². The van der Waals surface area contributed by atoms with Crippen molar-refractivity contribution < 1.29 is 13.2 Å². The van der Waals surface area contributed by atoms with Crippen molar-refractivity contribution in [2.24, 2.45) is 5.14 Å². The molecule has 1 aliphatic rings. The molecule has 1 aromatic rings. The average Bonchev–Trinajstić information content (AvgIpc) is 2.76. The molecule has 0 radical (unpaired) electrons. The second-order valence-electron chi connectivity index (χ2n) is 5.84. The highest BCUT2D eigenvalue weighted by molar-refractivity contribution is 9.10. The number of nitrogens with one attached hydrogen (secondary N) is 1. The van der Waals surface area contributed by atoms with Crippen LogP contribution in [0.3, 0.4) is 0 Å². The molecule has 0 unspecified atom stereocenters. The first-order valence-electron chi connectivity index (χ1n) is 6.78. The zero-order valence-electron chi connectivity index (χ0n) is 12.1. The van der Waals surface area contributed by atoms with Crippen LogP contribution in [-0.4, -0.2) is 19.9 Å². The number of carbonyl (C=O) groups is 1. The van der Waals surface area contributed by atoms with Crippen molar-refractivity contribution >= 4 is 31.9 Å². The minimum atomic E-state index is -3.86. The number of rotatable bonds is 3. The summed E-state index contributed by atoms with van der Waals surface area (Å²) in [6.45, 7) is 3.61. The largest absolute Gasteiger partial charge is 0.347 e. The van der Waals surface area contributed by atoms with E-state index in [1.165, 1.54) is 6.07 Å². The number of halogens is 1. The topological polar surface area (TPSA) is 89.3 Å². The third kappa shape index (κ3) is 3.64. The van der Waals surface area contributed by atoms with E-state index in [0.717, 1.165) is 25.7 Å². The van der Waals surface area contributed by atoms with E-state index in [4.69, 9.17) is 5.14 Å². The van der Waals surface area contributed by atoms with Crippen molar-refractivity contribution in [3.63, 3.8) is 0 Å². The van der Waals surface area contributed by atoms with E-state index in [9.17, 15) is 13.2 Å². The fraction of sp³-hybridized carbons (Fsp3) is 0.500. The van der Waals surface area contributed by atoms with Crippen LogP contribution in [0.25, 0.3) is 0 Å². The standard InChI is InChI=1S/C14H19BrN2O3S/c1-9-11(7-10(15)8-12(9)21(16,19)20)13(18)17-14(2)5-3-4-6-14/h7-8H,3-6H2,1-2H3,(H,17,18)(H2,16,19,20). The zero-order chi connectivity index (χ0) is 15.8. The predicted octanol–water partition coefficient (Wildman–Crippen LogP) is 2.47. The Morgan fingerprint density at radius 2 is 1.90 bits per heavy atom. The SMILES string of the molecule is Cc1c(C(=O)NC2(C)CCCC2)cc(Br)cc1S(N)(=O)=O.